The van der Waals surface area contributed by atoms with Crippen molar-refractivity contribution in [1.29, 1.82) is 0 Å². The maximum atomic E-state index is 13.3. The summed E-state index contributed by atoms with van der Waals surface area (Å²) in [5, 5.41) is 9.70. The first-order chi connectivity index (χ1) is 15.8. The van der Waals surface area contributed by atoms with Gasteiger partial charge in [0.25, 0.3) is 0 Å². The maximum Gasteiger partial charge on any atom is 0.335 e. The van der Waals surface area contributed by atoms with Crippen LogP contribution in [0.2, 0.25) is 0 Å². The van der Waals surface area contributed by atoms with E-state index in [1.54, 1.807) is 0 Å². The molecule has 2 saturated carbocycles. The van der Waals surface area contributed by atoms with Crippen molar-refractivity contribution in [2.24, 2.45) is 47.3 Å². The quantitative estimate of drug-likeness (QED) is 0.564. The average molecular weight is 444 g/mol. The van der Waals surface area contributed by atoms with Crippen molar-refractivity contribution in [3.63, 3.8) is 0 Å². The van der Waals surface area contributed by atoms with Crippen LogP contribution in [0.1, 0.15) is 23.2 Å². The molecule has 2 aliphatic heterocycles. The Morgan fingerprint density at radius 2 is 0.970 bits per heavy atom. The van der Waals surface area contributed by atoms with Crippen LogP contribution >= 0.6 is 0 Å². The maximum absolute atomic E-state index is 13.3. The standard InChI is InChI=1S/C25H20N2O6/c28-21-17-10-1-2-11(5-10)18(17)22(29)26(21)15-7-14(25(32)33)8-16(9-15)27-23(30)19-12-3-4-13(6-12)20(19)24(27)31/h1-4,7-13,17-20H,5-6H2,(H,32,33)/t10-,11-,12-,13-,17+,18+,19+,20+/m0/s1. The van der Waals surface area contributed by atoms with E-state index >= 15 is 0 Å². The first-order valence-electron chi connectivity index (χ1n) is 11.4. The van der Waals surface area contributed by atoms with Crippen molar-refractivity contribution in [3.8, 4) is 0 Å². The molecule has 7 rings (SSSR count). The lowest BCUT2D eigenvalue weighted by atomic mass is 9.85. The molecule has 1 aromatic rings. The van der Waals surface area contributed by atoms with Crippen LogP contribution in [0, 0.1) is 47.3 Å². The third kappa shape index (κ3) is 2.23. The number of fused-ring (bicyclic) bond motifs is 10. The van der Waals surface area contributed by atoms with Crippen molar-refractivity contribution >= 4 is 41.0 Å². The highest BCUT2D eigenvalue weighted by Crippen LogP contribution is 2.55. The number of carboxylic acids is 1. The number of hydrogen-bond donors (Lipinski definition) is 1. The summed E-state index contributed by atoms with van der Waals surface area (Å²) in [4.78, 5) is 67.0. The Morgan fingerprint density at radius 3 is 1.27 bits per heavy atom. The summed E-state index contributed by atoms with van der Waals surface area (Å²) < 4.78 is 0. The number of aromatic carboxylic acids is 1. The molecule has 8 nitrogen and oxygen atoms in total. The molecule has 0 aromatic heterocycles. The average Bonchev–Trinajstić information content (AvgIpc) is 3.61. The minimum atomic E-state index is -1.26. The van der Waals surface area contributed by atoms with Crippen LogP contribution in [-0.2, 0) is 19.2 Å². The Labute approximate surface area is 188 Å². The SMILES string of the molecule is O=C(O)c1cc(N2C(=O)[C@H]3[C@H](C2=O)[C@H]2C=C[C@H]3C2)cc(N2C(=O)[C@H]3[C@H](C2=O)[C@H]2C=C[C@H]3C2)c1. The Bertz CT molecular complexity index is 1120. The summed E-state index contributed by atoms with van der Waals surface area (Å²) in [5.41, 5.74) is 0.0277. The molecule has 1 aromatic carbocycles. The van der Waals surface area contributed by atoms with E-state index in [2.05, 4.69) is 0 Å². The van der Waals surface area contributed by atoms with Gasteiger partial charge in [-0.25, -0.2) is 14.6 Å². The van der Waals surface area contributed by atoms with E-state index in [1.165, 1.54) is 18.2 Å². The van der Waals surface area contributed by atoms with E-state index in [-0.39, 0.29) is 64.2 Å². The van der Waals surface area contributed by atoms with Gasteiger partial charge in [0.05, 0.1) is 40.6 Å². The largest absolute Gasteiger partial charge is 0.478 e. The fraction of sp³-hybridized carbons (Fsp3) is 0.400. The summed E-state index contributed by atoms with van der Waals surface area (Å²) in [6.07, 6.45) is 9.53. The molecule has 0 radical (unpaired) electrons. The molecular weight excluding hydrogens is 424 g/mol. The zero-order valence-electron chi connectivity index (χ0n) is 17.5. The molecule has 0 unspecified atom stereocenters. The summed E-state index contributed by atoms with van der Waals surface area (Å²) in [5.74, 6) is -4.26. The van der Waals surface area contributed by atoms with E-state index < -0.39 is 29.6 Å². The van der Waals surface area contributed by atoms with Crippen LogP contribution < -0.4 is 9.80 Å². The second-order valence-corrected chi connectivity index (χ2v) is 10.1. The van der Waals surface area contributed by atoms with E-state index in [1.807, 2.05) is 24.3 Å². The molecule has 4 fully saturated rings. The highest BCUT2D eigenvalue weighted by atomic mass is 16.4. The van der Waals surface area contributed by atoms with Crippen molar-refractivity contribution in [2.45, 2.75) is 12.8 Å². The lowest BCUT2D eigenvalue weighted by Crippen LogP contribution is -2.35. The molecule has 33 heavy (non-hydrogen) atoms. The number of anilines is 2. The normalized spacial score (nSPS) is 39.4. The van der Waals surface area contributed by atoms with E-state index in [4.69, 9.17) is 0 Å². The molecular formula is C25H20N2O6. The molecule has 166 valence electrons. The van der Waals surface area contributed by atoms with Crippen LogP contribution in [0.15, 0.2) is 42.5 Å². The second kappa shape index (κ2) is 6.07. The van der Waals surface area contributed by atoms with E-state index in [0.717, 1.165) is 22.6 Å². The van der Waals surface area contributed by atoms with Gasteiger partial charge in [0.15, 0.2) is 0 Å². The van der Waals surface area contributed by atoms with Crippen molar-refractivity contribution in [1.82, 2.24) is 0 Å². The summed E-state index contributed by atoms with van der Waals surface area (Å²) in [6, 6.07) is 3.98. The Kier molecular flexibility index (Phi) is 3.49. The number of hydrogen-bond acceptors (Lipinski definition) is 5. The van der Waals surface area contributed by atoms with Gasteiger partial charge in [-0.2, -0.15) is 0 Å². The summed E-state index contributed by atoms with van der Waals surface area (Å²) in [6.45, 7) is 0. The Morgan fingerprint density at radius 1 is 0.636 bits per heavy atom. The van der Waals surface area contributed by atoms with Crippen molar-refractivity contribution < 1.29 is 29.1 Å². The Hall–Kier alpha value is -3.55. The molecule has 1 N–H and O–H groups in total. The minimum Gasteiger partial charge on any atom is -0.478 e. The number of carboxylic acid groups (broad SMARTS) is 1. The minimum absolute atomic E-state index is 0.0210. The predicted molar refractivity (Wildman–Crippen MR) is 114 cm³/mol. The number of benzene rings is 1. The highest BCUT2D eigenvalue weighted by Gasteiger charge is 2.61. The van der Waals surface area contributed by atoms with Gasteiger partial charge in [-0.1, -0.05) is 24.3 Å². The number of nitrogens with zero attached hydrogens (tertiary/aromatic N) is 2. The molecule has 2 saturated heterocycles. The van der Waals surface area contributed by atoms with Gasteiger partial charge in [-0.15, -0.1) is 0 Å². The second-order valence-electron chi connectivity index (χ2n) is 10.1. The van der Waals surface area contributed by atoms with Crippen LogP contribution in [0.25, 0.3) is 0 Å². The zero-order valence-corrected chi connectivity index (χ0v) is 17.5. The van der Waals surface area contributed by atoms with Gasteiger partial charge >= 0.3 is 5.97 Å². The van der Waals surface area contributed by atoms with Crippen molar-refractivity contribution in [2.75, 3.05) is 9.80 Å². The number of imide groups is 2. The highest BCUT2D eigenvalue weighted by molar-refractivity contribution is 6.25. The fourth-order valence-electron chi connectivity index (χ4n) is 7.29. The Balaban J connectivity index is 1.30. The lowest BCUT2D eigenvalue weighted by molar-refractivity contribution is -0.124. The van der Waals surface area contributed by atoms with Gasteiger partial charge in [0.2, 0.25) is 23.6 Å². The number of rotatable bonds is 3. The molecule has 2 heterocycles. The van der Waals surface area contributed by atoms with Gasteiger partial charge in [0.1, 0.15) is 0 Å². The zero-order chi connectivity index (χ0) is 22.8. The number of amides is 4. The van der Waals surface area contributed by atoms with Crippen LogP contribution in [0.5, 0.6) is 0 Å². The van der Waals surface area contributed by atoms with Gasteiger partial charge in [0, 0.05) is 0 Å². The predicted octanol–water partition coefficient (Wildman–Crippen LogP) is 2.01. The molecule has 8 heteroatoms. The molecule has 6 aliphatic rings. The van der Waals surface area contributed by atoms with Gasteiger partial charge in [-0.05, 0) is 54.7 Å². The van der Waals surface area contributed by atoms with E-state index in [9.17, 15) is 29.1 Å². The van der Waals surface area contributed by atoms with Gasteiger partial charge in [-0.3, -0.25) is 19.2 Å². The topological polar surface area (TPSA) is 112 Å². The van der Waals surface area contributed by atoms with E-state index in [0.29, 0.717) is 0 Å². The summed E-state index contributed by atoms with van der Waals surface area (Å²) in [7, 11) is 0. The first kappa shape index (κ1) is 19.0. The first-order valence-corrected chi connectivity index (χ1v) is 11.4. The molecule has 8 atom stereocenters. The lowest BCUT2D eigenvalue weighted by Gasteiger charge is -2.22. The molecule has 0 spiro atoms. The number of allylic oxidation sites excluding steroid dienone is 4. The molecule has 4 bridgehead atoms. The van der Waals surface area contributed by atoms with Gasteiger partial charge < -0.3 is 5.11 Å². The monoisotopic (exact) mass is 444 g/mol. The molecule has 4 amide bonds. The molecule has 4 aliphatic carbocycles. The number of carbonyl (C=O) groups is 5. The van der Waals surface area contributed by atoms with Crippen molar-refractivity contribution in [3.05, 3.63) is 48.1 Å². The van der Waals surface area contributed by atoms with Crippen LogP contribution in [0.4, 0.5) is 11.4 Å². The number of carbonyl (C=O) groups excluding carboxylic acids is 4. The summed E-state index contributed by atoms with van der Waals surface area (Å²) >= 11 is 0. The van der Waals surface area contributed by atoms with Crippen LogP contribution in [-0.4, -0.2) is 34.7 Å². The third-order valence-corrected chi connectivity index (χ3v) is 8.61. The third-order valence-electron chi connectivity index (χ3n) is 8.61. The van der Waals surface area contributed by atoms with Crippen LogP contribution in [0.3, 0.4) is 0 Å². The fourth-order valence-corrected chi connectivity index (χ4v) is 7.29. The smallest absolute Gasteiger partial charge is 0.335 e.